The van der Waals surface area contributed by atoms with Crippen LogP contribution in [0, 0.1) is 0 Å². The third-order valence-electron chi connectivity index (χ3n) is 2.38. The average Bonchev–Trinajstić information content (AvgIpc) is 2.10. The fourth-order valence-electron chi connectivity index (χ4n) is 1.03. The van der Waals surface area contributed by atoms with Gasteiger partial charge in [0.1, 0.15) is 0 Å². The van der Waals surface area contributed by atoms with E-state index in [9.17, 15) is 0 Å². The number of nitrogens with zero attached hydrogens (tertiary/aromatic N) is 1. The molecule has 0 amide bonds. The summed E-state index contributed by atoms with van der Waals surface area (Å²) in [5, 5.41) is 0. The normalized spacial score (nSPS) is 13.6. The van der Waals surface area contributed by atoms with Crippen LogP contribution in [0.5, 0.6) is 0 Å². The minimum Gasteiger partial charge on any atom is -0.380 e. The molecule has 0 aromatic carbocycles. The number of unbranched alkanes of at least 4 members (excludes halogenated alkanes) is 3. The van der Waals surface area contributed by atoms with Gasteiger partial charge < -0.3 is 9.64 Å². The Balaban J connectivity index is 3.07. The second kappa shape index (κ2) is 8.52. The van der Waals surface area contributed by atoms with Crippen LogP contribution in [0.4, 0.5) is 0 Å². The smallest absolute Gasteiger partial charge is 0.0618 e. The van der Waals surface area contributed by atoms with E-state index in [2.05, 4.69) is 32.8 Å². The van der Waals surface area contributed by atoms with Crippen molar-refractivity contribution in [1.29, 1.82) is 0 Å². The molecule has 13 heavy (non-hydrogen) atoms. The lowest BCUT2D eigenvalue weighted by Gasteiger charge is -2.19. The Morgan fingerprint density at radius 2 is 1.85 bits per heavy atom. The van der Waals surface area contributed by atoms with Crippen molar-refractivity contribution in [3.8, 4) is 0 Å². The van der Waals surface area contributed by atoms with Crippen LogP contribution in [-0.2, 0) is 4.74 Å². The summed E-state index contributed by atoms with van der Waals surface area (Å²) < 4.78 is 5.56. The highest BCUT2D eigenvalue weighted by Gasteiger charge is 2.02. The van der Waals surface area contributed by atoms with E-state index in [1.165, 1.54) is 25.7 Å². The van der Waals surface area contributed by atoms with Gasteiger partial charge in [-0.1, -0.05) is 26.2 Å². The highest BCUT2D eigenvalue weighted by molar-refractivity contribution is 4.56. The van der Waals surface area contributed by atoms with Gasteiger partial charge in [0, 0.05) is 12.6 Å². The summed E-state index contributed by atoms with van der Waals surface area (Å²) in [6.45, 7) is 6.21. The Kier molecular flexibility index (Phi) is 8.46. The number of likely N-dealkylation sites (N-methyl/N-ethyl adjacent to an activating group) is 1. The largest absolute Gasteiger partial charge is 0.380 e. The maximum absolute atomic E-state index is 5.56. The Bertz CT molecular complexity index is 104. The van der Waals surface area contributed by atoms with Crippen LogP contribution in [0.3, 0.4) is 0 Å². The van der Waals surface area contributed by atoms with E-state index in [1.807, 2.05) is 0 Å². The maximum Gasteiger partial charge on any atom is 0.0618 e. The van der Waals surface area contributed by atoms with Crippen LogP contribution in [0.2, 0.25) is 0 Å². The Labute approximate surface area is 83.3 Å². The van der Waals surface area contributed by atoms with Crippen molar-refractivity contribution in [2.24, 2.45) is 0 Å². The summed E-state index contributed by atoms with van der Waals surface area (Å²) in [7, 11) is 4.18. The standard InChI is InChI=1S/C11H25NO/c1-5-6-7-8-9-13-10-11(2)12(3)4/h11H,5-10H2,1-4H3. The fourth-order valence-corrected chi connectivity index (χ4v) is 1.03. The molecule has 0 N–H and O–H groups in total. The van der Waals surface area contributed by atoms with Crippen molar-refractivity contribution in [2.75, 3.05) is 27.3 Å². The van der Waals surface area contributed by atoms with Gasteiger partial charge >= 0.3 is 0 Å². The molecule has 1 atom stereocenters. The summed E-state index contributed by atoms with van der Waals surface area (Å²) in [5.74, 6) is 0. The third-order valence-corrected chi connectivity index (χ3v) is 2.38. The molecule has 0 saturated carbocycles. The fraction of sp³-hybridized carbons (Fsp3) is 1.00. The van der Waals surface area contributed by atoms with Crippen LogP contribution >= 0.6 is 0 Å². The lowest BCUT2D eigenvalue weighted by Crippen LogP contribution is -2.29. The van der Waals surface area contributed by atoms with E-state index in [-0.39, 0.29) is 0 Å². The first-order valence-electron chi connectivity index (χ1n) is 5.42. The zero-order valence-electron chi connectivity index (χ0n) is 9.68. The van der Waals surface area contributed by atoms with Crippen LogP contribution in [-0.4, -0.2) is 38.3 Å². The van der Waals surface area contributed by atoms with E-state index in [1.54, 1.807) is 0 Å². The van der Waals surface area contributed by atoms with Gasteiger partial charge in [0.05, 0.1) is 6.61 Å². The second-order valence-corrected chi connectivity index (χ2v) is 3.95. The van der Waals surface area contributed by atoms with Gasteiger partial charge in [0.2, 0.25) is 0 Å². The van der Waals surface area contributed by atoms with E-state index < -0.39 is 0 Å². The Morgan fingerprint density at radius 3 is 2.38 bits per heavy atom. The summed E-state index contributed by atoms with van der Waals surface area (Å²) in [4.78, 5) is 2.19. The summed E-state index contributed by atoms with van der Waals surface area (Å²) in [6.07, 6.45) is 5.17. The van der Waals surface area contributed by atoms with E-state index in [0.29, 0.717) is 6.04 Å². The summed E-state index contributed by atoms with van der Waals surface area (Å²) in [5.41, 5.74) is 0. The molecule has 0 heterocycles. The van der Waals surface area contributed by atoms with Gasteiger partial charge in [-0.05, 0) is 27.4 Å². The van der Waals surface area contributed by atoms with Gasteiger partial charge in [0.15, 0.2) is 0 Å². The summed E-state index contributed by atoms with van der Waals surface area (Å²) >= 11 is 0. The molecule has 0 saturated heterocycles. The van der Waals surface area contributed by atoms with Gasteiger partial charge in [0.25, 0.3) is 0 Å². The van der Waals surface area contributed by atoms with Gasteiger partial charge in [-0.3, -0.25) is 0 Å². The highest BCUT2D eigenvalue weighted by Crippen LogP contribution is 2.00. The predicted molar refractivity (Wildman–Crippen MR) is 58.1 cm³/mol. The second-order valence-electron chi connectivity index (χ2n) is 3.95. The van der Waals surface area contributed by atoms with Crippen LogP contribution < -0.4 is 0 Å². The maximum atomic E-state index is 5.56. The summed E-state index contributed by atoms with van der Waals surface area (Å²) in [6, 6.07) is 0.533. The van der Waals surface area contributed by atoms with Crippen LogP contribution in [0.25, 0.3) is 0 Å². The molecule has 0 aromatic rings. The number of rotatable bonds is 8. The third kappa shape index (κ3) is 8.26. The van der Waals surface area contributed by atoms with Crippen LogP contribution in [0.15, 0.2) is 0 Å². The molecule has 0 rings (SSSR count). The van der Waals surface area contributed by atoms with Gasteiger partial charge in [-0.15, -0.1) is 0 Å². The molecule has 0 aliphatic rings. The minimum absolute atomic E-state index is 0.533. The van der Waals surface area contributed by atoms with Crippen molar-refractivity contribution in [2.45, 2.75) is 45.6 Å². The first-order valence-corrected chi connectivity index (χ1v) is 5.42. The highest BCUT2D eigenvalue weighted by atomic mass is 16.5. The Morgan fingerprint density at radius 1 is 1.15 bits per heavy atom. The molecular weight excluding hydrogens is 162 g/mol. The molecule has 0 aliphatic carbocycles. The van der Waals surface area contributed by atoms with Crippen molar-refractivity contribution < 1.29 is 4.74 Å². The molecule has 0 aromatic heterocycles. The molecule has 2 heteroatoms. The molecular formula is C11H25NO. The number of hydrogen-bond donors (Lipinski definition) is 0. The molecule has 0 bridgehead atoms. The molecule has 0 spiro atoms. The number of hydrogen-bond acceptors (Lipinski definition) is 2. The monoisotopic (exact) mass is 187 g/mol. The molecule has 80 valence electrons. The molecule has 0 radical (unpaired) electrons. The quantitative estimate of drug-likeness (QED) is 0.541. The Hall–Kier alpha value is -0.0800. The van der Waals surface area contributed by atoms with Crippen molar-refractivity contribution in [3.05, 3.63) is 0 Å². The van der Waals surface area contributed by atoms with Crippen LogP contribution in [0.1, 0.15) is 39.5 Å². The van der Waals surface area contributed by atoms with Crippen molar-refractivity contribution in [1.82, 2.24) is 4.90 Å². The van der Waals surface area contributed by atoms with E-state index in [4.69, 9.17) is 4.74 Å². The first kappa shape index (κ1) is 12.9. The van der Waals surface area contributed by atoms with E-state index in [0.717, 1.165) is 13.2 Å². The minimum atomic E-state index is 0.533. The van der Waals surface area contributed by atoms with Crippen molar-refractivity contribution in [3.63, 3.8) is 0 Å². The van der Waals surface area contributed by atoms with Gasteiger partial charge in [-0.2, -0.15) is 0 Å². The first-order chi connectivity index (χ1) is 6.18. The molecule has 2 nitrogen and oxygen atoms in total. The van der Waals surface area contributed by atoms with Crippen molar-refractivity contribution >= 4 is 0 Å². The molecule has 0 fully saturated rings. The number of ether oxygens (including phenoxy) is 1. The van der Waals surface area contributed by atoms with E-state index >= 15 is 0 Å². The zero-order chi connectivity index (χ0) is 10.1. The topological polar surface area (TPSA) is 12.5 Å². The lowest BCUT2D eigenvalue weighted by atomic mass is 10.2. The molecule has 0 aliphatic heterocycles. The zero-order valence-corrected chi connectivity index (χ0v) is 9.68. The van der Waals surface area contributed by atoms with Gasteiger partial charge in [-0.25, -0.2) is 0 Å². The lowest BCUT2D eigenvalue weighted by molar-refractivity contribution is 0.0832. The molecule has 1 unspecified atom stereocenters. The average molecular weight is 187 g/mol. The SMILES string of the molecule is CCCCCCOCC(C)N(C)C. The predicted octanol–water partition coefficient (Wildman–Crippen LogP) is 2.53.